The minimum absolute atomic E-state index is 0.0160. The van der Waals surface area contributed by atoms with Crippen LogP contribution in [0.3, 0.4) is 0 Å². The van der Waals surface area contributed by atoms with Gasteiger partial charge in [0, 0.05) is 13.3 Å². The molecule has 1 fully saturated rings. The van der Waals surface area contributed by atoms with Crippen molar-refractivity contribution in [3.05, 3.63) is 12.3 Å². The summed E-state index contributed by atoms with van der Waals surface area (Å²) in [7, 11) is 0. The molecule has 1 heterocycles. The molecule has 0 amide bonds. The number of carbonyl (C=O) groups is 1. The number of allylic oxidation sites excluding steroid dienone is 1. The third-order valence-corrected chi connectivity index (χ3v) is 2.25. The summed E-state index contributed by atoms with van der Waals surface area (Å²) in [6, 6.07) is 0. The highest BCUT2D eigenvalue weighted by atomic mass is 16.6. The van der Waals surface area contributed by atoms with E-state index in [1.807, 2.05) is 13.8 Å². The van der Waals surface area contributed by atoms with Gasteiger partial charge in [-0.2, -0.15) is 0 Å². The highest BCUT2D eigenvalue weighted by Crippen LogP contribution is 2.24. The quantitative estimate of drug-likeness (QED) is 0.527. The minimum atomic E-state index is -0.282. The van der Waals surface area contributed by atoms with Gasteiger partial charge in [0.15, 0.2) is 0 Å². The molecule has 0 aliphatic carbocycles. The molecule has 0 N–H and O–H groups in total. The second kappa shape index (κ2) is 5.16. The minimum Gasteiger partial charge on any atom is -0.493 e. The molecule has 4 nitrogen and oxygen atoms in total. The Hall–Kier alpha value is -1.03. The van der Waals surface area contributed by atoms with Crippen LogP contribution in [0.1, 0.15) is 27.2 Å². The molecular formula is C11H18O4. The van der Waals surface area contributed by atoms with E-state index in [4.69, 9.17) is 14.2 Å². The van der Waals surface area contributed by atoms with Gasteiger partial charge in [-0.05, 0) is 13.8 Å². The average Bonchev–Trinajstić information content (AvgIpc) is 2.43. The number of esters is 1. The van der Waals surface area contributed by atoms with Gasteiger partial charge in [0.2, 0.25) is 0 Å². The smallest absolute Gasteiger partial charge is 0.302 e. The van der Waals surface area contributed by atoms with E-state index in [1.165, 1.54) is 6.92 Å². The fourth-order valence-electron chi connectivity index (χ4n) is 1.62. The van der Waals surface area contributed by atoms with Crippen LogP contribution in [0.2, 0.25) is 0 Å². The van der Waals surface area contributed by atoms with E-state index in [1.54, 1.807) is 0 Å². The average molecular weight is 214 g/mol. The predicted molar refractivity (Wildman–Crippen MR) is 55.3 cm³/mol. The molecule has 0 saturated carbocycles. The number of hydrogen-bond donors (Lipinski definition) is 0. The lowest BCUT2D eigenvalue weighted by Crippen LogP contribution is -2.19. The molecule has 1 aliphatic rings. The van der Waals surface area contributed by atoms with Crippen molar-refractivity contribution in [2.75, 3.05) is 6.61 Å². The highest BCUT2D eigenvalue weighted by molar-refractivity contribution is 5.65. The molecule has 15 heavy (non-hydrogen) atoms. The topological polar surface area (TPSA) is 44.8 Å². The molecule has 0 aromatic heterocycles. The Morgan fingerprint density at radius 1 is 1.53 bits per heavy atom. The Balaban J connectivity index is 2.34. The lowest BCUT2D eigenvalue weighted by atomic mass is 10.1. The zero-order chi connectivity index (χ0) is 11.4. The van der Waals surface area contributed by atoms with Crippen LogP contribution in [-0.2, 0) is 19.0 Å². The third-order valence-electron chi connectivity index (χ3n) is 2.25. The molecule has 1 rings (SSSR count). The van der Waals surface area contributed by atoms with E-state index in [9.17, 15) is 4.79 Å². The fourth-order valence-corrected chi connectivity index (χ4v) is 1.62. The van der Waals surface area contributed by atoms with Crippen molar-refractivity contribution in [1.29, 1.82) is 0 Å². The Bertz CT molecular complexity index is 249. The van der Waals surface area contributed by atoms with E-state index in [-0.39, 0.29) is 24.3 Å². The summed E-state index contributed by atoms with van der Waals surface area (Å²) in [5.41, 5.74) is 0. The Kier molecular flexibility index (Phi) is 4.15. The second-order valence-electron chi connectivity index (χ2n) is 3.86. The van der Waals surface area contributed by atoms with E-state index < -0.39 is 0 Å². The number of carbonyl (C=O) groups excluding carboxylic acids is 1. The molecule has 0 unspecified atom stereocenters. The largest absolute Gasteiger partial charge is 0.493 e. The SMILES string of the molecule is C=C(C)O[C@@H]1C[C@@H](COC(C)=O)O[C@H]1C. The molecule has 0 bridgehead atoms. The second-order valence-corrected chi connectivity index (χ2v) is 3.86. The molecule has 3 atom stereocenters. The standard InChI is InChI=1S/C11H18O4/c1-7(2)14-11-5-10(15-8(11)3)6-13-9(4)12/h8,10-11H,1,5-6H2,2-4H3/t8-,10-,11+/m0/s1. The lowest BCUT2D eigenvalue weighted by molar-refractivity contribution is -0.144. The van der Waals surface area contributed by atoms with Crippen LogP contribution in [0.5, 0.6) is 0 Å². The summed E-state index contributed by atoms with van der Waals surface area (Å²) >= 11 is 0. The van der Waals surface area contributed by atoms with Crippen molar-refractivity contribution >= 4 is 5.97 Å². The summed E-state index contributed by atoms with van der Waals surface area (Å²) < 4.78 is 16.0. The number of rotatable bonds is 4. The van der Waals surface area contributed by atoms with Crippen LogP contribution < -0.4 is 0 Å². The molecule has 4 heteroatoms. The third kappa shape index (κ3) is 3.91. The predicted octanol–water partition coefficient (Wildman–Crippen LogP) is 1.65. The fraction of sp³-hybridized carbons (Fsp3) is 0.727. The molecule has 1 saturated heterocycles. The Morgan fingerprint density at radius 3 is 2.73 bits per heavy atom. The van der Waals surface area contributed by atoms with Crippen LogP contribution in [-0.4, -0.2) is 30.9 Å². The van der Waals surface area contributed by atoms with Crippen LogP contribution in [0.4, 0.5) is 0 Å². The maximum Gasteiger partial charge on any atom is 0.302 e. The number of hydrogen-bond acceptors (Lipinski definition) is 4. The Morgan fingerprint density at radius 2 is 2.20 bits per heavy atom. The first-order valence-corrected chi connectivity index (χ1v) is 5.10. The van der Waals surface area contributed by atoms with Crippen molar-refractivity contribution in [3.8, 4) is 0 Å². The lowest BCUT2D eigenvalue weighted by Gasteiger charge is -2.15. The van der Waals surface area contributed by atoms with Crippen LogP contribution in [0.25, 0.3) is 0 Å². The van der Waals surface area contributed by atoms with Gasteiger partial charge in [-0.3, -0.25) is 4.79 Å². The monoisotopic (exact) mass is 214 g/mol. The van der Waals surface area contributed by atoms with Gasteiger partial charge in [0.05, 0.1) is 18.0 Å². The van der Waals surface area contributed by atoms with Crippen molar-refractivity contribution in [2.24, 2.45) is 0 Å². The van der Waals surface area contributed by atoms with Crippen molar-refractivity contribution in [2.45, 2.75) is 45.5 Å². The molecule has 0 radical (unpaired) electrons. The van der Waals surface area contributed by atoms with Gasteiger partial charge in [0.25, 0.3) is 0 Å². The van der Waals surface area contributed by atoms with Crippen LogP contribution in [0, 0.1) is 0 Å². The van der Waals surface area contributed by atoms with Gasteiger partial charge in [0.1, 0.15) is 12.7 Å². The molecule has 86 valence electrons. The summed E-state index contributed by atoms with van der Waals surface area (Å²) in [6.07, 6.45) is 0.708. The molecular weight excluding hydrogens is 196 g/mol. The molecule has 1 aliphatic heterocycles. The van der Waals surface area contributed by atoms with E-state index in [0.717, 1.165) is 6.42 Å². The summed E-state index contributed by atoms with van der Waals surface area (Å²) in [5, 5.41) is 0. The zero-order valence-electron chi connectivity index (χ0n) is 9.49. The van der Waals surface area contributed by atoms with Gasteiger partial charge < -0.3 is 14.2 Å². The maximum absolute atomic E-state index is 10.6. The van der Waals surface area contributed by atoms with Crippen LogP contribution in [0.15, 0.2) is 12.3 Å². The van der Waals surface area contributed by atoms with Gasteiger partial charge in [-0.1, -0.05) is 6.58 Å². The van der Waals surface area contributed by atoms with Crippen LogP contribution >= 0.6 is 0 Å². The van der Waals surface area contributed by atoms with Crippen molar-refractivity contribution in [3.63, 3.8) is 0 Å². The zero-order valence-corrected chi connectivity index (χ0v) is 9.49. The number of ether oxygens (including phenoxy) is 3. The molecule has 0 aromatic carbocycles. The summed E-state index contributed by atoms with van der Waals surface area (Å²) in [5.74, 6) is 0.402. The highest BCUT2D eigenvalue weighted by Gasteiger charge is 2.34. The van der Waals surface area contributed by atoms with Gasteiger partial charge >= 0.3 is 5.97 Å². The van der Waals surface area contributed by atoms with E-state index in [2.05, 4.69) is 6.58 Å². The first kappa shape index (κ1) is 12.0. The molecule has 0 spiro atoms. The van der Waals surface area contributed by atoms with Gasteiger partial charge in [-0.15, -0.1) is 0 Å². The van der Waals surface area contributed by atoms with Gasteiger partial charge in [-0.25, -0.2) is 0 Å². The summed E-state index contributed by atoms with van der Waals surface area (Å²) in [6.45, 7) is 9.14. The maximum atomic E-state index is 10.6. The summed E-state index contributed by atoms with van der Waals surface area (Å²) in [4.78, 5) is 10.6. The first-order chi connectivity index (χ1) is 6.99. The normalized spacial score (nSPS) is 29.9. The van der Waals surface area contributed by atoms with E-state index >= 15 is 0 Å². The van der Waals surface area contributed by atoms with E-state index in [0.29, 0.717) is 12.4 Å². The Labute approximate surface area is 90.2 Å². The van der Waals surface area contributed by atoms with Crippen molar-refractivity contribution < 1.29 is 19.0 Å². The first-order valence-electron chi connectivity index (χ1n) is 5.10. The molecule has 0 aromatic rings. The van der Waals surface area contributed by atoms with Crippen molar-refractivity contribution in [1.82, 2.24) is 0 Å².